The molecule has 0 unspecified atom stereocenters. The molecule has 1 heterocycles. The number of rotatable bonds is 2. The smallest absolute Gasteiger partial charge is 0.298 e. The van der Waals surface area contributed by atoms with Crippen molar-refractivity contribution in [3.05, 3.63) is 0 Å². The Morgan fingerprint density at radius 3 is 2.05 bits per heavy atom. The van der Waals surface area contributed by atoms with Gasteiger partial charge in [-0.2, -0.15) is 13.2 Å². The van der Waals surface area contributed by atoms with Crippen LogP contribution in [0.15, 0.2) is 0 Å². The van der Waals surface area contributed by atoms with E-state index < -0.39 is 24.4 Å². The molecular formula is C13H22F3N3O2. The molecular weight excluding hydrogens is 287 g/mol. The first-order chi connectivity index (χ1) is 9.49. The first kappa shape index (κ1) is 17.7. The number of alkyl halides is 3. The maximum absolute atomic E-state index is 12.0. The van der Waals surface area contributed by atoms with Crippen LogP contribution < -0.4 is 10.9 Å². The van der Waals surface area contributed by atoms with Gasteiger partial charge in [-0.05, 0) is 46.7 Å². The van der Waals surface area contributed by atoms with Gasteiger partial charge in [0.25, 0.3) is 0 Å². The third-order valence-corrected chi connectivity index (χ3v) is 3.50. The summed E-state index contributed by atoms with van der Waals surface area (Å²) in [5.41, 5.74) is 3.91. The van der Waals surface area contributed by atoms with E-state index in [9.17, 15) is 22.8 Å². The lowest BCUT2D eigenvalue weighted by Crippen LogP contribution is -2.51. The molecule has 0 atom stereocenters. The zero-order valence-corrected chi connectivity index (χ0v) is 12.5. The minimum absolute atomic E-state index is 0.0301. The van der Waals surface area contributed by atoms with Gasteiger partial charge in [-0.1, -0.05) is 0 Å². The highest BCUT2D eigenvalue weighted by atomic mass is 19.4. The minimum Gasteiger partial charge on any atom is -0.298 e. The summed E-state index contributed by atoms with van der Waals surface area (Å²) in [6.45, 7) is 7.76. The van der Waals surface area contributed by atoms with Gasteiger partial charge in [0.1, 0.15) is 6.42 Å². The molecule has 2 N–H and O–H groups in total. The number of nitrogens with zero attached hydrogens (tertiary/aromatic N) is 1. The molecule has 0 aromatic rings. The number of carbonyl (C=O) groups excluding carboxylic acids is 2. The standard InChI is InChI=1S/C13H22F3N3O2/c1-12(2,3)19-6-4-9(5-7-19)11(21)18-17-10(20)8-13(14,15)16/h9H,4-8H2,1-3H3,(H,17,20)(H,18,21). The predicted molar refractivity (Wildman–Crippen MR) is 71.0 cm³/mol. The van der Waals surface area contributed by atoms with Gasteiger partial charge in [0, 0.05) is 11.5 Å². The average Bonchev–Trinajstić information content (AvgIpc) is 2.33. The van der Waals surface area contributed by atoms with Crippen LogP contribution in [0, 0.1) is 5.92 Å². The third kappa shape index (κ3) is 6.33. The van der Waals surface area contributed by atoms with Crippen molar-refractivity contribution in [3.8, 4) is 0 Å². The molecule has 122 valence electrons. The number of amides is 2. The summed E-state index contributed by atoms with van der Waals surface area (Å²) in [7, 11) is 0. The van der Waals surface area contributed by atoms with Gasteiger partial charge in [-0.25, -0.2) is 0 Å². The van der Waals surface area contributed by atoms with Crippen molar-refractivity contribution < 1.29 is 22.8 Å². The number of nitrogens with one attached hydrogen (secondary N) is 2. The fourth-order valence-corrected chi connectivity index (χ4v) is 2.27. The molecule has 8 heteroatoms. The molecule has 1 rings (SSSR count). The number of hydrogen-bond acceptors (Lipinski definition) is 3. The fraction of sp³-hybridized carbons (Fsp3) is 0.846. The van der Waals surface area contributed by atoms with Crippen LogP contribution in [0.2, 0.25) is 0 Å². The number of likely N-dealkylation sites (tertiary alicyclic amines) is 1. The zero-order chi connectivity index (χ0) is 16.3. The number of halogens is 3. The van der Waals surface area contributed by atoms with Crippen LogP contribution in [-0.4, -0.2) is 41.5 Å². The van der Waals surface area contributed by atoms with E-state index in [2.05, 4.69) is 31.1 Å². The van der Waals surface area contributed by atoms with E-state index in [1.54, 1.807) is 5.43 Å². The van der Waals surface area contributed by atoms with E-state index in [0.29, 0.717) is 12.8 Å². The quantitative estimate of drug-likeness (QED) is 0.762. The predicted octanol–water partition coefficient (Wildman–Crippen LogP) is 1.60. The van der Waals surface area contributed by atoms with Crippen molar-refractivity contribution in [1.82, 2.24) is 15.8 Å². The summed E-state index contributed by atoms with van der Waals surface area (Å²) in [6, 6.07) is 0. The summed E-state index contributed by atoms with van der Waals surface area (Å²) in [5, 5.41) is 0. The molecule has 21 heavy (non-hydrogen) atoms. The lowest BCUT2D eigenvalue weighted by atomic mass is 9.92. The molecule has 1 fully saturated rings. The van der Waals surface area contributed by atoms with Gasteiger partial charge in [-0.15, -0.1) is 0 Å². The largest absolute Gasteiger partial charge is 0.397 e. The average molecular weight is 309 g/mol. The Bertz CT molecular complexity index is 383. The topological polar surface area (TPSA) is 61.4 Å². The molecule has 1 aliphatic rings. The number of hydrazine groups is 1. The molecule has 0 spiro atoms. The summed E-state index contributed by atoms with van der Waals surface area (Å²) >= 11 is 0. The van der Waals surface area contributed by atoms with Crippen LogP contribution in [0.3, 0.4) is 0 Å². The monoisotopic (exact) mass is 309 g/mol. The summed E-state index contributed by atoms with van der Waals surface area (Å²) < 4.78 is 35.9. The molecule has 0 bridgehead atoms. The maximum Gasteiger partial charge on any atom is 0.397 e. The Balaban J connectivity index is 2.33. The van der Waals surface area contributed by atoms with Crippen molar-refractivity contribution in [1.29, 1.82) is 0 Å². The van der Waals surface area contributed by atoms with Crippen molar-refractivity contribution in [2.45, 2.75) is 51.7 Å². The Morgan fingerprint density at radius 2 is 1.62 bits per heavy atom. The molecule has 0 aromatic carbocycles. The minimum atomic E-state index is -4.58. The van der Waals surface area contributed by atoms with E-state index in [4.69, 9.17) is 0 Å². The van der Waals surface area contributed by atoms with Crippen molar-refractivity contribution >= 4 is 11.8 Å². The Kier molecular flexibility index (Phi) is 5.61. The van der Waals surface area contributed by atoms with Crippen LogP contribution in [-0.2, 0) is 9.59 Å². The summed E-state index contributed by atoms with van der Waals surface area (Å²) in [5.74, 6) is -1.98. The van der Waals surface area contributed by atoms with Crippen molar-refractivity contribution in [2.75, 3.05) is 13.1 Å². The van der Waals surface area contributed by atoms with Gasteiger partial charge < -0.3 is 0 Å². The second-order valence-corrected chi connectivity index (χ2v) is 6.26. The lowest BCUT2D eigenvalue weighted by molar-refractivity contribution is -0.155. The number of piperidine rings is 1. The van der Waals surface area contributed by atoms with Crippen molar-refractivity contribution in [3.63, 3.8) is 0 Å². The van der Waals surface area contributed by atoms with Crippen LogP contribution in [0.4, 0.5) is 13.2 Å². The molecule has 2 amide bonds. The first-order valence-corrected chi connectivity index (χ1v) is 6.89. The van der Waals surface area contributed by atoms with E-state index in [-0.39, 0.29) is 11.5 Å². The van der Waals surface area contributed by atoms with Gasteiger partial charge >= 0.3 is 6.18 Å². The Morgan fingerprint density at radius 1 is 1.10 bits per heavy atom. The van der Waals surface area contributed by atoms with E-state index in [1.807, 2.05) is 0 Å². The highest BCUT2D eigenvalue weighted by Crippen LogP contribution is 2.23. The van der Waals surface area contributed by atoms with Crippen molar-refractivity contribution in [2.24, 2.45) is 5.92 Å². The highest BCUT2D eigenvalue weighted by molar-refractivity contribution is 5.83. The summed E-state index contributed by atoms with van der Waals surface area (Å²) in [6.07, 6.45) is -4.93. The Hall–Kier alpha value is -1.31. The van der Waals surface area contributed by atoms with Crippen LogP contribution in [0.1, 0.15) is 40.0 Å². The second kappa shape index (κ2) is 6.64. The van der Waals surface area contributed by atoms with Gasteiger partial charge in [0.05, 0.1) is 0 Å². The molecule has 0 aromatic heterocycles. The molecule has 1 aliphatic heterocycles. The third-order valence-electron chi connectivity index (χ3n) is 3.50. The van der Waals surface area contributed by atoms with Crippen LogP contribution in [0.25, 0.3) is 0 Å². The molecule has 0 radical (unpaired) electrons. The SMILES string of the molecule is CC(C)(C)N1CCC(C(=O)NNC(=O)CC(F)(F)F)CC1. The van der Waals surface area contributed by atoms with Crippen LogP contribution >= 0.6 is 0 Å². The molecule has 5 nitrogen and oxygen atoms in total. The van der Waals surface area contributed by atoms with Crippen LogP contribution in [0.5, 0.6) is 0 Å². The van der Waals surface area contributed by atoms with E-state index >= 15 is 0 Å². The fourth-order valence-electron chi connectivity index (χ4n) is 2.27. The molecule has 0 aliphatic carbocycles. The zero-order valence-electron chi connectivity index (χ0n) is 12.5. The normalized spacial score (nSPS) is 18.4. The van der Waals surface area contributed by atoms with E-state index in [0.717, 1.165) is 13.1 Å². The first-order valence-electron chi connectivity index (χ1n) is 6.89. The molecule has 0 saturated carbocycles. The van der Waals surface area contributed by atoms with Gasteiger partial charge in [0.2, 0.25) is 11.8 Å². The maximum atomic E-state index is 12.0. The van der Waals surface area contributed by atoms with Gasteiger partial charge in [-0.3, -0.25) is 25.3 Å². The number of hydrogen-bond donors (Lipinski definition) is 2. The second-order valence-electron chi connectivity index (χ2n) is 6.26. The highest BCUT2D eigenvalue weighted by Gasteiger charge is 2.32. The van der Waals surface area contributed by atoms with Gasteiger partial charge in [0.15, 0.2) is 0 Å². The van der Waals surface area contributed by atoms with E-state index in [1.165, 1.54) is 0 Å². The number of carbonyl (C=O) groups is 2. The lowest BCUT2D eigenvalue weighted by Gasteiger charge is -2.40. The Labute approximate surface area is 122 Å². The summed E-state index contributed by atoms with van der Waals surface area (Å²) in [4.78, 5) is 25.0. The molecule has 1 saturated heterocycles.